The van der Waals surface area contributed by atoms with Gasteiger partial charge in [-0.1, -0.05) is 48.5 Å². The first-order valence-corrected chi connectivity index (χ1v) is 11.8. The first-order valence-electron chi connectivity index (χ1n) is 10.9. The van der Waals surface area contributed by atoms with Crippen LogP contribution in [0, 0.1) is 0 Å². The van der Waals surface area contributed by atoms with Gasteiger partial charge in [0.05, 0.1) is 29.5 Å². The van der Waals surface area contributed by atoms with Crippen LogP contribution in [0.5, 0.6) is 0 Å². The molecule has 0 saturated carbocycles. The minimum absolute atomic E-state index is 0.296. The Hall–Kier alpha value is -3.33. The van der Waals surface area contributed by atoms with E-state index in [1.54, 1.807) is 0 Å². The molecule has 168 valence electrons. The van der Waals surface area contributed by atoms with Crippen molar-refractivity contribution >= 4 is 34.6 Å². The Labute approximate surface area is 196 Å². The SMILES string of the molecule is O=C(N[C@H]1N=C(c2ccccc2)c2ccccc2NC1=O)c1sccc1CN1CCOCC1. The van der Waals surface area contributed by atoms with E-state index in [1.165, 1.54) is 11.3 Å². The van der Waals surface area contributed by atoms with Crippen LogP contribution < -0.4 is 10.6 Å². The van der Waals surface area contributed by atoms with Gasteiger partial charge in [-0.2, -0.15) is 0 Å². The highest BCUT2D eigenvalue weighted by Gasteiger charge is 2.28. The monoisotopic (exact) mass is 460 g/mol. The zero-order valence-electron chi connectivity index (χ0n) is 18.0. The number of carbonyl (C=O) groups is 2. The summed E-state index contributed by atoms with van der Waals surface area (Å²) in [5.41, 5.74) is 3.98. The fraction of sp³-hybridized carbons (Fsp3) is 0.240. The molecule has 1 saturated heterocycles. The summed E-state index contributed by atoms with van der Waals surface area (Å²) in [5.74, 6) is -0.663. The third-order valence-corrected chi connectivity index (χ3v) is 6.67. The number of para-hydroxylation sites is 1. The number of thiophene rings is 1. The highest BCUT2D eigenvalue weighted by Crippen LogP contribution is 2.24. The van der Waals surface area contributed by atoms with Gasteiger partial charge in [-0.25, -0.2) is 4.99 Å². The van der Waals surface area contributed by atoms with Gasteiger partial charge < -0.3 is 15.4 Å². The smallest absolute Gasteiger partial charge is 0.269 e. The van der Waals surface area contributed by atoms with E-state index in [0.29, 0.717) is 36.0 Å². The quantitative estimate of drug-likeness (QED) is 0.613. The summed E-state index contributed by atoms with van der Waals surface area (Å²) >= 11 is 1.38. The summed E-state index contributed by atoms with van der Waals surface area (Å²) in [6, 6.07) is 19.2. The Morgan fingerprint density at radius 1 is 1.09 bits per heavy atom. The van der Waals surface area contributed by atoms with Crippen molar-refractivity contribution in [1.29, 1.82) is 0 Å². The van der Waals surface area contributed by atoms with E-state index in [-0.39, 0.29) is 11.8 Å². The Bertz CT molecular complexity index is 1190. The Kier molecular flexibility index (Phi) is 6.30. The molecule has 0 bridgehead atoms. The number of ether oxygens (including phenoxy) is 1. The molecule has 0 unspecified atom stereocenters. The van der Waals surface area contributed by atoms with Crippen molar-refractivity contribution in [3.63, 3.8) is 0 Å². The van der Waals surface area contributed by atoms with E-state index in [4.69, 9.17) is 9.73 Å². The van der Waals surface area contributed by atoms with Crippen molar-refractivity contribution in [3.8, 4) is 0 Å². The second-order valence-corrected chi connectivity index (χ2v) is 8.83. The molecule has 2 N–H and O–H groups in total. The molecule has 2 aliphatic heterocycles. The number of fused-ring (bicyclic) bond motifs is 1. The maximum absolute atomic E-state index is 13.2. The Morgan fingerprint density at radius 3 is 2.67 bits per heavy atom. The van der Waals surface area contributed by atoms with Crippen LogP contribution in [0.2, 0.25) is 0 Å². The number of aliphatic imine (C=N–C) groups is 1. The molecule has 2 aliphatic rings. The highest BCUT2D eigenvalue weighted by molar-refractivity contribution is 7.12. The van der Waals surface area contributed by atoms with Crippen LogP contribution in [0.25, 0.3) is 0 Å². The molecule has 1 atom stereocenters. The summed E-state index contributed by atoms with van der Waals surface area (Å²) in [6.07, 6.45) is -1.04. The second-order valence-electron chi connectivity index (χ2n) is 7.92. The summed E-state index contributed by atoms with van der Waals surface area (Å²) < 4.78 is 5.42. The highest BCUT2D eigenvalue weighted by atomic mass is 32.1. The van der Waals surface area contributed by atoms with E-state index < -0.39 is 6.17 Å². The lowest BCUT2D eigenvalue weighted by Crippen LogP contribution is -2.42. The molecule has 1 fully saturated rings. The fourth-order valence-electron chi connectivity index (χ4n) is 4.03. The van der Waals surface area contributed by atoms with Gasteiger partial charge in [-0.15, -0.1) is 11.3 Å². The molecule has 7 nitrogen and oxygen atoms in total. The Balaban J connectivity index is 1.42. The number of rotatable bonds is 5. The molecule has 0 spiro atoms. The number of carbonyl (C=O) groups excluding carboxylic acids is 2. The number of anilines is 1. The number of nitrogens with zero attached hydrogens (tertiary/aromatic N) is 2. The predicted molar refractivity (Wildman–Crippen MR) is 129 cm³/mol. The molecule has 3 heterocycles. The van der Waals surface area contributed by atoms with Gasteiger partial charge >= 0.3 is 0 Å². The van der Waals surface area contributed by atoms with Gasteiger partial charge in [-0.3, -0.25) is 14.5 Å². The summed E-state index contributed by atoms with van der Waals surface area (Å²) in [4.78, 5) is 33.8. The van der Waals surface area contributed by atoms with Gasteiger partial charge in [0.15, 0.2) is 0 Å². The molecule has 0 radical (unpaired) electrons. The first-order chi connectivity index (χ1) is 16.2. The summed E-state index contributed by atoms with van der Waals surface area (Å²) in [7, 11) is 0. The molecule has 5 rings (SSSR count). The lowest BCUT2D eigenvalue weighted by molar-refractivity contribution is -0.117. The van der Waals surface area contributed by atoms with Crippen LogP contribution in [-0.2, 0) is 16.1 Å². The van der Waals surface area contributed by atoms with E-state index in [2.05, 4.69) is 15.5 Å². The molecule has 8 heteroatoms. The van der Waals surface area contributed by atoms with Gasteiger partial charge in [0.1, 0.15) is 0 Å². The van der Waals surface area contributed by atoms with Crippen molar-refractivity contribution in [1.82, 2.24) is 10.2 Å². The minimum atomic E-state index is -1.04. The number of benzodiazepines with no additional fused rings is 1. The summed E-state index contributed by atoms with van der Waals surface area (Å²) in [6.45, 7) is 3.75. The van der Waals surface area contributed by atoms with E-state index in [0.717, 1.165) is 29.8 Å². The number of morpholine rings is 1. The van der Waals surface area contributed by atoms with Crippen LogP contribution in [0.15, 0.2) is 71.0 Å². The van der Waals surface area contributed by atoms with Gasteiger partial charge in [0.25, 0.3) is 11.8 Å². The standard InChI is InChI=1S/C25H24N4O3S/c30-24(22-18(10-15-33-22)16-29-11-13-32-14-12-29)28-23-25(31)26-20-9-5-4-8-19(20)21(27-23)17-6-2-1-3-7-17/h1-10,15,23H,11-14,16H2,(H,26,31)(H,28,30)/t23-/m1/s1. The van der Waals surface area contributed by atoms with Crippen LogP contribution in [0.1, 0.15) is 26.4 Å². The van der Waals surface area contributed by atoms with Crippen LogP contribution in [0.3, 0.4) is 0 Å². The van der Waals surface area contributed by atoms with E-state index >= 15 is 0 Å². The normalized spacial score (nSPS) is 18.6. The largest absolute Gasteiger partial charge is 0.379 e. The van der Waals surface area contributed by atoms with Crippen molar-refractivity contribution in [2.24, 2.45) is 4.99 Å². The van der Waals surface area contributed by atoms with Crippen molar-refractivity contribution in [3.05, 3.63) is 87.6 Å². The van der Waals surface area contributed by atoms with E-state index in [1.807, 2.05) is 66.0 Å². The number of benzene rings is 2. The number of amides is 2. The average Bonchev–Trinajstić information content (AvgIpc) is 3.26. The van der Waals surface area contributed by atoms with Crippen LogP contribution in [0.4, 0.5) is 5.69 Å². The lowest BCUT2D eigenvalue weighted by Gasteiger charge is -2.26. The first kappa shape index (κ1) is 21.5. The number of hydrogen-bond acceptors (Lipinski definition) is 6. The lowest BCUT2D eigenvalue weighted by atomic mass is 10.0. The minimum Gasteiger partial charge on any atom is -0.379 e. The van der Waals surface area contributed by atoms with Crippen molar-refractivity contribution < 1.29 is 14.3 Å². The molecular formula is C25H24N4O3S. The molecule has 2 amide bonds. The van der Waals surface area contributed by atoms with Crippen LogP contribution in [-0.4, -0.2) is 54.9 Å². The third kappa shape index (κ3) is 4.73. The zero-order valence-corrected chi connectivity index (χ0v) is 18.8. The second kappa shape index (κ2) is 9.66. The fourth-order valence-corrected chi connectivity index (χ4v) is 4.85. The maximum atomic E-state index is 13.2. The van der Waals surface area contributed by atoms with Crippen LogP contribution >= 0.6 is 11.3 Å². The van der Waals surface area contributed by atoms with Gasteiger partial charge in [0.2, 0.25) is 6.17 Å². The molecule has 33 heavy (non-hydrogen) atoms. The molecular weight excluding hydrogens is 436 g/mol. The Morgan fingerprint density at radius 2 is 1.85 bits per heavy atom. The predicted octanol–water partition coefficient (Wildman–Crippen LogP) is 3.13. The maximum Gasteiger partial charge on any atom is 0.269 e. The van der Waals surface area contributed by atoms with Crippen molar-refractivity contribution in [2.45, 2.75) is 12.7 Å². The molecule has 1 aromatic heterocycles. The molecule has 0 aliphatic carbocycles. The number of hydrogen-bond donors (Lipinski definition) is 2. The average molecular weight is 461 g/mol. The molecule has 2 aromatic carbocycles. The zero-order chi connectivity index (χ0) is 22.6. The third-order valence-electron chi connectivity index (χ3n) is 5.71. The molecule has 3 aromatic rings. The number of nitrogens with one attached hydrogen (secondary N) is 2. The topological polar surface area (TPSA) is 83.0 Å². The van der Waals surface area contributed by atoms with E-state index in [9.17, 15) is 9.59 Å². The van der Waals surface area contributed by atoms with Gasteiger partial charge in [0, 0.05) is 30.8 Å². The summed E-state index contributed by atoms with van der Waals surface area (Å²) in [5, 5.41) is 7.68. The van der Waals surface area contributed by atoms with Crippen molar-refractivity contribution in [2.75, 3.05) is 31.6 Å². The van der Waals surface area contributed by atoms with Gasteiger partial charge in [-0.05, 0) is 23.1 Å².